The van der Waals surface area contributed by atoms with E-state index in [0.717, 1.165) is 11.1 Å². The predicted octanol–water partition coefficient (Wildman–Crippen LogP) is 6.34. The van der Waals surface area contributed by atoms with Crippen LogP contribution in [0.4, 0.5) is 0 Å². The van der Waals surface area contributed by atoms with Crippen molar-refractivity contribution in [1.29, 1.82) is 0 Å². The summed E-state index contributed by atoms with van der Waals surface area (Å²) in [5, 5.41) is 3.68. The van der Waals surface area contributed by atoms with Gasteiger partial charge >= 0.3 is 11.9 Å². The number of ether oxygens (including phenoxy) is 2. The van der Waals surface area contributed by atoms with Gasteiger partial charge in [0.2, 0.25) is 0 Å². The van der Waals surface area contributed by atoms with Crippen LogP contribution in [0.3, 0.4) is 0 Å². The normalized spacial score (nSPS) is 11.2. The van der Waals surface area contributed by atoms with Crippen molar-refractivity contribution in [2.75, 3.05) is 14.2 Å². The van der Waals surface area contributed by atoms with E-state index >= 15 is 0 Å². The molecule has 0 amide bonds. The molecule has 0 saturated carbocycles. The minimum absolute atomic E-state index is 0.127. The van der Waals surface area contributed by atoms with E-state index in [1.165, 1.54) is 30.1 Å². The highest BCUT2D eigenvalue weighted by atomic mass is 31.2. The van der Waals surface area contributed by atoms with Gasteiger partial charge < -0.3 is 9.47 Å². The lowest BCUT2D eigenvalue weighted by Crippen LogP contribution is -2.35. The average molecular weight is 546 g/mol. The van der Waals surface area contributed by atoms with Crippen LogP contribution in [-0.4, -0.2) is 26.2 Å². The molecule has 0 N–H and O–H groups in total. The molecule has 0 bridgehead atoms. The minimum atomic E-state index is -2.43. The summed E-state index contributed by atoms with van der Waals surface area (Å²) in [5.41, 5.74) is 2.98. The lowest BCUT2D eigenvalue weighted by atomic mass is 10.0. The first-order valence-electron chi connectivity index (χ1n) is 13.0. The molecule has 40 heavy (non-hydrogen) atoms. The van der Waals surface area contributed by atoms with E-state index in [1.807, 2.05) is 66.7 Å². The smallest absolute Gasteiger partial charge is 0.337 e. The molecule has 0 aliphatic rings. The third kappa shape index (κ3) is 5.06. The minimum Gasteiger partial charge on any atom is -0.465 e. The largest absolute Gasteiger partial charge is 0.465 e. The Morgan fingerprint density at radius 3 is 1.05 bits per heavy atom. The third-order valence-electron chi connectivity index (χ3n) is 7.17. The van der Waals surface area contributed by atoms with Gasteiger partial charge in [-0.2, -0.15) is 0 Å². The summed E-state index contributed by atoms with van der Waals surface area (Å²) in [6.07, 6.45) is 0. The maximum absolute atomic E-state index is 12.3. The van der Waals surface area contributed by atoms with E-state index in [9.17, 15) is 9.59 Å². The standard InChI is InChI=1S/C35H30O4P/c1-38-34(36)28-22-18-26(19-23-28)33(27-20-24-29(25-21-27)35(37)39-2)40(30-12-6-3-7-13-30,31-14-8-4-9-15-31)32-16-10-5-11-17-32/h3-25,33H,1-2H3/q+1. The molecule has 0 saturated heterocycles. The molecule has 5 aromatic rings. The fourth-order valence-corrected chi connectivity index (χ4v) is 10.3. The van der Waals surface area contributed by atoms with Gasteiger partial charge in [0.15, 0.2) is 0 Å². The molecular weight excluding hydrogens is 515 g/mol. The van der Waals surface area contributed by atoms with Crippen molar-refractivity contribution in [3.05, 3.63) is 162 Å². The number of methoxy groups -OCH3 is 2. The Balaban J connectivity index is 1.87. The Hall–Kier alpha value is -4.53. The van der Waals surface area contributed by atoms with Gasteiger partial charge in [-0.15, -0.1) is 0 Å². The number of carbonyl (C=O) groups excluding carboxylic acids is 2. The zero-order valence-electron chi connectivity index (χ0n) is 22.4. The Morgan fingerprint density at radius 1 is 0.475 bits per heavy atom. The second-order valence-corrected chi connectivity index (χ2v) is 12.9. The van der Waals surface area contributed by atoms with Gasteiger partial charge in [0, 0.05) is 0 Å². The van der Waals surface area contributed by atoms with Crippen molar-refractivity contribution in [1.82, 2.24) is 0 Å². The van der Waals surface area contributed by atoms with Crippen LogP contribution in [0.25, 0.3) is 0 Å². The van der Waals surface area contributed by atoms with Crippen LogP contribution in [0.15, 0.2) is 140 Å². The molecule has 4 nitrogen and oxygen atoms in total. The van der Waals surface area contributed by atoms with Gasteiger partial charge in [0.1, 0.15) is 28.8 Å². The van der Waals surface area contributed by atoms with Crippen LogP contribution in [0.2, 0.25) is 0 Å². The lowest BCUT2D eigenvalue weighted by molar-refractivity contribution is 0.0592. The summed E-state index contributed by atoms with van der Waals surface area (Å²) in [6, 6.07) is 47.4. The maximum Gasteiger partial charge on any atom is 0.337 e. The molecule has 0 aliphatic heterocycles. The second kappa shape index (κ2) is 12.1. The molecule has 0 aromatic heterocycles. The van der Waals surface area contributed by atoms with Crippen molar-refractivity contribution in [2.45, 2.75) is 5.66 Å². The van der Waals surface area contributed by atoms with Crippen LogP contribution >= 0.6 is 7.26 Å². The topological polar surface area (TPSA) is 52.6 Å². The number of benzene rings is 5. The zero-order valence-corrected chi connectivity index (χ0v) is 23.3. The van der Waals surface area contributed by atoms with Crippen LogP contribution in [0, 0.1) is 0 Å². The van der Waals surface area contributed by atoms with Crippen molar-refractivity contribution in [3.8, 4) is 0 Å². The SMILES string of the molecule is COC(=O)c1ccc(C(c2ccc(C(=O)OC)cc2)[P+](c2ccccc2)(c2ccccc2)c2ccccc2)cc1. The summed E-state index contributed by atoms with van der Waals surface area (Å²) < 4.78 is 9.93. The van der Waals surface area contributed by atoms with Crippen molar-refractivity contribution < 1.29 is 19.1 Å². The summed E-state index contributed by atoms with van der Waals surface area (Å²) in [5.74, 6) is -0.749. The van der Waals surface area contributed by atoms with E-state index < -0.39 is 7.26 Å². The van der Waals surface area contributed by atoms with Gasteiger partial charge in [0.05, 0.1) is 25.3 Å². The fourth-order valence-electron chi connectivity index (χ4n) is 5.36. The van der Waals surface area contributed by atoms with Crippen molar-refractivity contribution >= 4 is 35.1 Å². The number of hydrogen-bond donors (Lipinski definition) is 0. The van der Waals surface area contributed by atoms with Crippen molar-refractivity contribution in [3.63, 3.8) is 0 Å². The van der Waals surface area contributed by atoms with E-state index in [2.05, 4.69) is 72.8 Å². The highest BCUT2D eigenvalue weighted by Crippen LogP contribution is 2.68. The van der Waals surface area contributed by atoms with Gasteiger partial charge in [-0.05, 0) is 71.8 Å². The molecule has 0 radical (unpaired) electrons. The van der Waals surface area contributed by atoms with Gasteiger partial charge in [-0.1, -0.05) is 78.9 Å². The number of esters is 2. The first-order chi connectivity index (χ1) is 19.6. The zero-order chi connectivity index (χ0) is 28.0. The second-order valence-electron chi connectivity index (χ2n) is 9.36. The third-order valence-corrected chi connectivity index (χ3v) is 11.9. The van der Waals surface area contributed by atoms with E-state index in [1.54, 1.807) is 0 Å². The number of carbonyl (C=O) groups is 2. The quantitative estimate of drug-likeness (QED) is 0.169. The highest BCUT2D eigenvalue weighted by molar-refractivity contribution is 7.96. The van der Waals surface area contributed by atoms with Gasteiger partial charge in [-0.3, -0.25) is 0 Å². The van der Waals surface area contributed by atoms with Crippen LogP contribution in [-0.2, 0) is 9.47 Å². The lowest BCUT2D eigenvalue weighted by Gasteiger charge is -2.35. The fraction of sp³-hybridized carbons (Fsp3) is 0.0857. The molecule has 0 aliphatic carbocycles. The van der Waals surface area contributed by atoms with Gasteiger partial charge in [-0.25, -0.2) is 9.59 Å². The summed E-state index contributed by atoms with van der Waals surface area (Å²) in [4.78, 5) is 24.6. The molecule has 5 heteroatoms. The first kappa shape index (κ1) is 27.1. The molecule has 0 spiro atoms. The Bertz CT molecular complexity index is 1410. The van der Waals surface area contributed by atoms with Crippen LogP contribution in [0.5, 0.6) is 0 Å². The van der Waals surface area contributed by atoms with E-state index in [-0.39, 0.29) is 17.6 Å². The molecule has 0 unspecified atom stereocenters. The molecule has 198 valence electrons. The molecular formula is C35H30O4P+. The molecule has 0 fully saturated rings. The van der Waals surface area contributed by atoms with Gasteiger partial charge in [0.25, 0.3) is 0 Å². The summed E-state index contributed by atoms with van der Waals surface area (Å²) >= 11 is 0. The Labute approximate surface area is 235 Å². The van der Waals surface area contributed by atoms with Crippen LogP contribution in [0.1, 0.15) is 37.5 Å². The predicted molar refractivity (Wildman–Crippen MR) is 163 cm³/mol. The van der Waals surface area contributed by atoms with E-state index in [4.69, 9.17) is 9.47 Å². The summed E-state index contributed by atoms with van der Waals surface area (Å²) in [6.45, 7) is 0. The number of hydrogen-bond acceptors (Lipinski definition) is 4. The Kier molecular flexibility index (Phi) is 8.19. The average Bonchev–Trinajstić information content (AvgIpc) is 3.04. The molecule has 5 aromatic carbocycles. The maximum atomic E-state index is 12.3. The molecule has 0 atom stereocenters. The highest BCUT2D eigenvalue weighted by Gasteiger charge is 2.53. The first-order valence-corrected chi connectivity index (χ1v) is 14.9. The Morgan fingerprint density at radius 2 is 0.775 bits per heavy atom. The number of rotatable bonds is 8. The van der Waals surface area contributed by atoms with Crippen LogP contribution < -0.4 is 15.9 Å². The van der Waals surface area contributed by atoms with E-state index in [0.29, 0.717) is 11.1 Å². The monoisotopic (exact) mass is 545 g/mol. The van der Waals surface area contributed by atoms with Crippen molar-refractivity contribution in [2.24, 2.45) is 0 Å². The summed E-state index contributed by atoms with van der Waals surface area (Å²) in [7, 11) is 0.344. The molecule has 5 rings (SSSR count). The molecule has 0 heterocycles.